The van der Waals surface area contributed by atoms with Crippen LogP contribution < -0.4 is 15.8 Å². The molecule has 2 N–H and O–H groups in total. The largest absolute Gasteiger partial charge is 0.378 e. The molecule has 0 saturated heterocycles. The topological polar surface area (TPSA) is 78.1 Å². The number of anilines is 2. The van der Waals surface area contributed by atoms with Gasteiger partial charge in [0.2, 0.25) is 5.91 Å². The maximum atomic E-state index is 11.8. The number of aromatic amines is 1. The van der Waals surface area contributed by atoms with Crippen LogP contribution in [0.4, 0.5) is 11.4 Å². The Morgan fingerprint density at radius 3 is 2.62 bits per heavy atom. The van der Waals surface area contributed by atoms with Gasteiger partial charge in [-0.15, -0.1) is 0 Å². The molecule has 110 valence electrons. The first-order valence-corrected chi connectivity index (χ1v) is 7.28. The zero-order chi connectivity index (χ0) is 15.2. The molecule has 0 unspecified atom stereocenters. The van der Waals surface area contributed by atoms with Crippen molar-refractivity contribution < 1.29 is 4.79 Å². The van der Waals surface area contributed by atoms with E-state index in [0.29, 0.717) is 5.16 Å². The highest BCUT2D eigenvalue weighted by Crippen LogP contribution is 2.16. The fourth-order valence-corrected chi connectivity index (χ4v) is 2.25. The van der Waals surface area contributed by atoms with E-state index in [2.05, 4.69) is 15.3 Å². The van der Waals surface area contributed by atoms with Crippen LogP contribution in [0.25, 0.3) is 0 Å². The molecule has 1 aromatic heterocycles. The maximum absolute atomic E-state index is 11.8. The van der Waals surface area contributed by atoms with E-state index in [1.54, 1.807) is 0 Å². The van der Waals surface area contributed by atoms with Crippen LogP contribution in [-0.4, -0.2) is 35.7 Å². The molecule has 2 aromatic rings. The summed E-state index contributed by atoms with van der Waals surface area (Å²) in [5.41, 5.74) is 1.57. The van der Waals surface area contributed by atoms with Crippen molar-refractivity contribution in [3.05, 3.63) is 46.9 Å². The second-order valence-corrected chi connectivity index (χ2v) is 5.48. The third-order valence-electron chi connectivity index (χ3n) is 2.66. The van der Waals surface area contributed by atoms with Gasteiger partial charge in [0.15, 0.2) is 5.16 Å². The molecule has 0 saturated carbocycles. The Morgan fingerprint density at radius 1 is 1.29 bits per heavy atom. The van der Waals surface area contributed by atoms with Gasteiger partial charge in [-0.05, 0) is 24.3 Å². The van der Waals surface area contributed by atoms with Crippen molar-refractivity contribution in [2.45, 2.75) is 5.16 Å². The number of rotatable bonds is 5. The molecular formula is C14H16N4O2S. The summed E-state index contributed by atoms with van der Waals surface area (Å²) >= 11 is 1.18. The van der Waals surface area contributed by atoms with Gasteiger partial charge in [0, 0.05) is 37.7 Å². The average Bonchev–Trinajstić information content (AvgIpc) is 2.46. The van der Waals surface area contributed by atoms with E-state index in [1.165, 1.54) is 24.0 Å². The van der Waals surface area contributed by atoms with E-state index in [0.717, 1.165) is 11.4 Å². The van der Waals surface area contributed by atoms with Crippen LogP contribution >= 0.6 is 11.8 Å². The molecule has 1 amide bonds. The van der Waals surface area contributed by atoms with Gasteiger partial charge in [-0.3, -0.25) is 9.59 Å². The SMILES string of the molecule is CN(C)c1ccc(NC(=O)CSc2nccc(=O)[nH]2)cc1. The second kappa shape index (κ2) is 6.94. The van der Waals surface area contributed by atoms with E-state index < -0.39 is 0 Å². The molecule has 0 spiro atoms. The number of H-pyrrole nitrogens is 1. The third kappa shape index (κ3) is 4.64. The Hall–Kier alpha value is -2.28. The van der Waals surface area contributed by atoms with E-state index in [4.69, 9.17) is 0 Å². The van der Waals surface area contributed by atoms with E-state index in [-0.39, 0.29) is 17.2 Å². The fraction of sp³-hybridized carbons (Fsp3) is 0.214. The van der Waals surface area contributed by atoms with Crippen molar-refractivity contribution >= 4 is 29.0 Å². The monoisotopic (exact) mass is 304 g/mol. The lowest BCUT2D eigenvalue weighted by Crippen LogP contribution is -2.15. The summed E-state index contributed by atoms with van der Waals surface area (Å²) in [6, 6.07) is 8.88. The van der Waals surface area contributed by atoms with Crippen LogP contribution in [0.2, 0.25) is 0 Å². The third-order valence-corrected chi connectivity index (χ3v) is 3.54. The van der Waals surface area contributed by atoms with E-state index >= 15 is 0 Å². The minimum absolute atomic E-state index is 0.149. The van der Waals surface area contributed by atoms with E-state index in [1.807, 2.05) is 43.3 Å². The zero-order valence-corrected chi connectivity index (χ0v) is 12.6. The van der Waals surface area contributed by atoms with Crippen LogP contribution in [0.5, 0.6) is 0 Å². The molecule has 1 aromatic carbocycles. The predicted octanol–water partition coefficient (Wildman–Crippen LogP) is 1.57. The molecule has 2 rings (SSSR count). The first-order valence-electron chi connectivity index (χ1n) is 6.30. The van der Waals surface area contributed by atoms with Crippen LogP contribution in [0.1, 0.15) is 0 Å². The van der Waals surface area contributed by atoms with Gasteiger partial charge < -0.3 is 15.2 Å². The summed E-state index contributed by atoms with van der Waals surface area (Å²) in [5.74, 6) is 0.0339. The molecule has 1 heterocycles. The van der Waals surface area contributed by atoms with E-state index in [9.17, 15) is 9.59 Å². The fourth-order valence-electron chi connectivity index (χ4n) is 1.60. The summed E-state index contributed by atoms with van der Waals surface area (Å²) in [5, 5.41) is 3.23. The lowest BCUT2D eigenvalue weighted by atomic mass is 10.2. The Bertz CT molecular complexity index is 667. The van der Waals surface area contributed by atoms with Crippen molar-refractivity contribution in [1.29, 1.82) is 0 Å². The molecule has 0 radical (unpaired) electrons. The Kier molecular flexibility index (Phi) is 4.99. The highest BCUT2D eigenvalue weighted by molar-refractivity contribution is 7.99. The number of carbonyl (C=O) groups excluding carboxylic acids is 1. The number of nitrogens with one attached hydrogen (secondary N) is 2. The molecule has 0 atom stereocenters. The quantitative estimate of drug-likeness (QED) is 0.647. The Balaban J connectivity index is 1.88. The molecule has 0 aliphatic rings. The number of aromatic nitrogens is 2. The van der Waals surface area contributed by atoms with Crippen LogP contribution in [-0.2, 0) is 4.79 Å². The van der Waals surface area contributed by atoms with Gasteiger partial charge >= 0.3 is 0 Å². The number of amides is 1. The van der Waals surface area contributed by atoms with Crippen molar-refractivity contribution in [3.8, 4) is 0 Å². The van der Waals surface area contributed by atoms with Crippen molar-refractivity contribution in [3.63, 3.8) is 0 Å². The molecule has 0 bridgehead atoms. The number of nitrogens with zero attached hydrogens (tertiary/aromatic N) is 2. The first kappa shape index (κ1) is 15.1. The summed E-state index contributed by atoms with van der Waals surface area (Å²) in [6.45, 7) is 0. The lowest BCUT2D eigenvalue weighted by molar-refractivity contribution is -0.113. The molecule has 7 heteroatoms. The number of benzene rings is 1. The normalized spacial score (nSPS) is 10.2. The number of hydrogen-bond acceptors (Lipinski definition) is 5. The Morgan fingerprint density at radius 2 is 2.00 bits per heavy atom. The minimum atomic E-state index is -0.229. The number of hydrogen-bond donors (Lipinski definition) is 2. The summed E-state index contributed by atoms with van der Waals surface area (Å²) in [7, 11) is 3.91. The molecule has 0 fully saturated rings. The highest BCUT2D eigenvalue weighted by Gasteiger charge is 2.05. The van der Waals surface area contributed by atoms with Crippen LogP contribution in [0.15, 0.2) is 46.5 Å². The van der Waals surface area contributed by atoms with Gasteiger partial charge in [-0.25, -0.2) is 4.98 Å². The van der Waals surface area contributed by atoms with Gasteiger partial charge in [-0.1, -0.05) is 11.8 Å². The molecule has 0 aliphatic heterocycles. The predicted molar refractivity (Wildman–Crippen MR) is 85.0 cm³/mol. The second-order valence-electron chi connectivity index (χ2n) is 4.52. The molecular weight excluding hydrogens is 288 g/mol. The number of carbonyl (C=O) groups is 1. The number of thioether (sulfide) groups is 1. The standard InChI is InChI=1S/C14H16N4O2S/c1-18(2)11-5-3-10(4-6-11)16-13(20)9-21-14-15-8-7-12(19)17-14/h3-8H,9H2,1-2H3,(H,16,20)(H,15,17,19). The van der Waals surface area contributed by atoms with Crippen LogP contribution in [0.3, 0.4) is 0 Å². The maximum Gasteiger partial charge on any atom is 0.251 e. The van der Waals surface area contributed by atoms with Gasteiger partial charge in [0.1, 0.15) is 0 Å². The Labute approximate surface area is 126 Å². The zero-order valence-electron chi connectivity index (χ0n) is 11.8. The first-order chi connectivity index (χ1) is 10.0. The average molecular weight is 304 g/mol. The summed E-state index contributed by atoms with van der Waals surface area (Å²) in [6.07, 6.45) is 1.42. The molecule has 21 heavy (non-hydrogen) atoms. The molecule has 6 nitrogen and oxygen atoms in total. The van der Waals surface area contributed by atoms with Gasteiger partial charge in [0.25, 0.3) is 5.56 Å². The minimum Gasteiger partial charge on any atom is -0.378 e. The van der Waals surface area contributed by atoms with Gasteiger partial charge in [0.05, 0.1) is 5.75 Å². The summed E-state index contributed by atoms with van der Waals surface area (Å²) in [4.78, 5) is 31.4. The van der Waals surface area contributed by atoms with Crippen molar-refractivity contribution in [2.75, 3.05) is 30.1 Å². The molecule has 0 aliphatic carbocycles. The van der Waals surface area contributed by atoms with Crippen LogP contribution in [0, 0.1) is 0 Å². The highest BCUT2D eigenvalue weighted by atomic mass is 32.2. The van der Waals surface area contributed by atoms with Crippen molar-refractivity contribution in [2.24, 2.45) is 0 Å². The lowest BCUT2D eigenvalue weighted by Gasteiger charge is -2.13. The van der Waals surface area contributed by atoms with Gasteiger partial charge in [-0.2, -0.15) is 0 Å². The smallest absolute Gasteiger partial charge is 0.251 e. The van der Waals surface area contributed by atoms with Crippen molar-refractivity contribution in [1.82, 2.24) is 9.97 Å². The summed E-state index contributed by atoms with van der Waals surface area (Å²) < 4.78 is 0.